The Hall–Kier alpha value is -0.650. The van der Waals surface area contributed by atoms with E-state index in [0.29, 0.717) is 0 Å². The third-order valence-corrected chi connectivity index (χ3v) is 5.93. The van der Waals surface area contributed by atoms with Crippen LogP contribution >= 0.6 is 11.6 Å². The smallest absolute Gasteiger partial charge is 0.241 e. The first kappa shape index (κ1) is 13.8. The molecule has 1 fully saturated rings. The van der Waals surface area contributed by atoms with Gasteiger partial charge in [-0.2, -0.15) is 0 Å². The fraction of sp³-hybridized carbons (Fsp3) is 0.583. The summed E-state index contributed by atoms with van der Waals surface area (Å²) < 4.78 is 27.2. The minimum absolute atomic E-state index is 0.0447. The van der Waals surface area contributed by atoms with Crippen molar-refractivity contribution in [1.29, 1.82) is 0 Å². The molecule has 0 atom stereocenters. The molecular weight excluding hydrogens is 272 g/mol. The van der Waals surface area contributed by atoms with Crippen LogP contribution in [0.1, 0.15) is 27.7 Å². The Balaban J connectivity index is 2.25. The molecule has 100 valence electrons. The molecule has 0 bridgehead atoms. The van der Waals surface area contributed by atoms with Crippen molar-refractivity contribution in [2.75, 3.05) is 0 Å². The number of hydrogen-bond donors (Lipinski definition) is 1. The van der Waals surface area contributed by atoms with Crippen molar-refractivity contribution >= 4 is 21.6 Å². The zero-order valence-corrected chi connectivity index (χ0v) is 12.4. The van der Waals surface area contributed by atoms with Gasteiger partial charge in [0.25, 0.3) is 0 Å². The van der Waals surface area contributed by atoms with Crippen LogP contribution in [-0.2, 0) is 10.0 Å². The zero-order chi connectivity index (χ0) is 13.8. The topological polar surface area (TPSA) is 59.1 Å². The minimum Gasteiger partial charge on any atom is -0.244 e. The Morgan fingerprint density at radius 1 is 1.28 bits per heavy atom. The predicted octanol–water partition coefficient (Wildman–Crippen LogP) is 2.45. The van der Waals surface area contributed by atoms with E-state index in [9.17, 15) is 8.42 Å². The molecule has 0 radical (unpaired) electrons. The summed E-state index contributed by atoms with van der Waals surface area (Å²) in [5, 5.41) is 0.173. The van der Waals surface area contributed by atoms with Crippen LogP contribution in [0.4, 0.5) is 0 Å². The lowest BCUT2D eigenvalue weighted by Crippen LogP contribution is -2.29. The number of hydrogen-bond acceptors (Lipinski definition) is 3. The summed E-state index contributed by atoms with van der Waals surface area (Å²) in [4.78, 5) is 3.93. The Morgan fingerprint density at radius 3 is 2.28 bits per heavy atom. The summed E-state index contributed by atoms with van der Waals surface area (Å²) in [6.45, 7) is 8.22. The van der Waals surface area contributed by atoms with Crippen molar-refractivity contribution in [2.24, 2.45) is 10.8 Å². The molecule has 0 aromatic carbocycles. The lowest BCUT2D eigenvalue weighted by Gasteiger charge is -2.08. The monoisotopic (exact) mass is 288 g/mol. The molecule has 1 aliphatic carbocycles. The summed E-state index contributed by atoms with van der Waals surface area (Å²) in [6, 6.07) is 2.73. The molecule has 1 aromatic rings. The number of aromatic nitrogens is 1. The Kier molecular flexibility index (Phi) is 3.00. The summed E-state index contributed by atoms with van der Waals surface area (Å²) in [5.74, 6) is 0. The SMILES string of the molecule is CC1(C)C(NS(=O)(=O)c2ccnc(Cl)c2)C1(C)C. The van der Waals surface area contributed by atoms with Crippen molar-refractivity contribution < 1.29 is 8.42 Å². The summed E-state index contributed by atoms with van der Waals surface area (Å²) >= 11 is 5.71. The Labute approximate surface area is 113 Å². The highest BCUT2D eigenvalue weighted by atomic mass is 35.5. The third kappa shape index (κ3) is 2.04. The summed E-state index contributed by atoms with van der Waals surface area (Å²) in [7, 11) is -3.54. The molecule has 4 nitrogen and oxygen atoms in total. The quantitative estimate of drug-likeness (QED) is 0.869. The van der Waals surface area contributed by atoms with Crippen LogP contribution in [0.15, 0.2) is 23.2 Å². The van der Waals surface area contributed by atoms with Gasteiger partial charge in [0.15, 0.2) is 0 Å². The molecule has 1 aliphatic rings. The van der Waals surface area contributed by atoms with Gasteiger partial charge in [0.2, 0.25) is 10.0 Å². The third-order valence-electron chi connectivity index (χ3n) is 4.30. The maximum atomic E-state index is 12.2. The molecule has 1 saturated carbocycles. The first-order chi connectivity index (χ1) is 8.09. The van der Waals surface area contributed by atoms with E-state index < -0.39 is 10.0 Å². The van der Waals surface area contributed by atoms with Crippen LogP contribution < -0.4 is 4.72 Å². The van der Waals surface area contributed by atoms with Gasteiger partial charge in [-0.05, 0) is 23.0 Å². The average molecular weight is 289 g/mol. The molecule has 18 heavy (non-hydrogen) atoms. The fourth-order valence-electron chi connectivity index (χ4n) is 2.27. The van der Waals surface area contributed by atoms with Crippen LogP contribution in [-0.4, -0.2) is 19.4 Å². The van der Waals surface area contributed by atoms with Crippen LogP contribution in [0.3, 0.4) is 0 Å². The van der Waals surface area contributed by atoms with E-state index >= 15 is 0 Å². The zero-order valence-electron chi connectivity index (χ0n) is 10.9. The van der Waals surface area contributed by atoms with E-state index in [1.54, 1.807) is 0 Å². The van der Waals surface area contributed by atoms with Crippen molar-refractivity contribution in [2.45, 2.75) is 38.6 Å². The lowest BCUT2D eigenvalue weighted by molar-refractivity contribution is 0.457. The van der Waals surface area contributed by atoms with Gasteiger partial charge >= 0.3 is 0 Å². The van der Waals surface area contributed by atoms with E-state index in [-0.39, 0.29) is 26.9 Å². The van der Waals surface area contributed by atoms with Gasteiger partial charge in [-0.25, -0.2) is 18.1 Å². The highest BCUT2D eigenvalue weighted by Crippen LogP contribution is 2.62. The maximum absolute atomic E-state index is 12.2. The van der Waals surface area contributed by atoms with Gasteiger partial charge < -0.3 is 0 Å². The standard InChI is InChI=1S/C12H17ClN2O2S/c1-11(2)10(12(11,3)4)15-18(16,17)8-5-6-14-9(13)7-8/h5-7,10,15H,1-4H3. The average Bonchev–Trinajstić information content (AvgIpc) is 2.61. The largest absolute Gasteiger partial charge is 0.244 e. The minimum atomic E-state index is -3.54. The van der Waals surface area contributed by atoms with Crippen LogP contribution in [0.5, 0.6) is 0 Å². The molecule has 1 N–H and O–H groups in total. The van der Waals surface area contributed by atoms with Crippen molar-refractivity contribution in [1.82, 2.24) is 9.71 Å². The van der Waals surface area contributed by atoms with Gasteiger partial charge in [0.05, 0.1) is 4.90 Å². The molecule has 0 spiro atoms. The number of pyridine rings is 1. The van der Waals surface area contributed by atoms with Crippen LogP contribution in [0.25, 0.3) is 0 Å². The summed E-state index contributed by atoms with van der Waals surface area (Å²) in [6.07, 6.45) is 1.39. The van der Waals surface area contributed by atoms with E-state index in [2.05, 4.69) is 37.4 Å². The maximum Gasteiger partial charge on any atom is 0.241 e. The molecular formula is C12H17ClN2O2S. The summed E-state index contributed by atoms with van der Waals surface area (Å²) in [5.41, 5.74) is -0.0895. The molecule has 6 heteroatoms. The molecule has 0 saturated heterocycles. The second kappa shape index (κ2) is 3.92. The molecule has 0 unspecified atom stereocenters. The Morgan fingerprint density at radius 2 is 1.83 bits per heavy atom. The molecule has 1 aromatic heterocycles. The van der Waals surface area contributed by atoms with E-state index in [0.717, 1.165) is 0 Å². The van der Waals surface area contributed by atoms with Gasteiger partial charge in [-0.15, -0.1) is 0 Å². The second-order valence-electron chi connectivity index (χ2n) is 5.81. The lowest BCUT2D eigenvalue weighted by atomic mass is 10.0. The van der Waals surface area contributed by atoms with E-state index in [1.165, 1.54) is 18.3 Å². The number of rotatable bonds is 3. The molecule has 2 rings (SSSR count). The normalized spacial score (nSPS) is 21.8. The van der Waals surface area contributed by atoms with Gasteiger partial charge in [0, 0.05) is 12.2 Å². The number of halogens is 1. The van der Waals surface area contributed by atoms with Crippen molar-refractivity contribution in [3.63, 3.8) is 0 Å². The number of sulfonamides is 1. The predicted molar refractivity (Wildman–Crippen MR) is 70.9 cm³/mol. The number of nitrogens with zero attached hydrogens (tertiary/aromatic N) is 1. The van der Waals surface area contributed by atoms with Crippen molar-refractivity contribution in [3.8, 4) is 0 Å². The second-order valence-corrected chi connectivity index (χ2v) is 7.91. The van der Waals surface area contributed by atoms with E-state index in [1.807, 2.05) is 0 Å². The van der Waals surface area contributed by atoms with E-state index in [4.69, 9.17) is 11.6 Å². The van der Waals surface area contributed by atoms with Crippen LogP contribution in [0.2, 0.25) is 5.15 Å². The first-order valence-corrected chi connectivity index (χ1v) is 7.59. The van der Waals surface area contributed by atoms with Gasteiger partial charge in [-0.1, -0.05) is 39.3 Å². The highest BCUT2D eigenvalue weighted by molar-refractivity contribution is 7.89. The first-order valence-electron chi connectivity index (χ1n) is 5.73. The molecule has 0 aliphatic heterocycles. The van der Waals surface area contributed by atoms with Crippen molar-refractivity contribution in [3.05, 3.63) is 23.5 Å². The number of nitrogens with one attached hydrogen (secondary N) is 1. The molecule has 1 heterocycles. The van der Waals surface area contributed by atoms with Gasteiger partial charge in [0.1, 0.15) is 5.15 Å². The fourth-order valence-corrected chi connectivity index (χ4v) is 4.05. The highest BCUT2D eigenvalue weighted by Gasteiger charge is 2.66. The van der Waals surface area contributed by atoms with Crippen LogP contribution in [0, 0.1) is 10.8 Å². The Bertz CT molecular complexity index is 567. The molecule has 0 amide bonds. The van der Waals surface area contributed by atoms with Gasteiger partial charge in [-0.3, -0.25) is 0 Å².